The zero-order valence-electron chi connectivity index (χ0n) is 15.0. The second kappa shape index (κ2) is 6.35. The van der Waals surface area contributed by atoms with Gasteiger partial charge >= 0.3 is 0 Å². The van der Waals surface area contributed by atoms with Gasteiger partial charge in [0.1, 0.15) is 5.75 Å². The van der Waals surface area contributed by atoms with Gasteiger partial charge in [-0.2, -0.15) is 0 Å². The lowest BCUT2D eigenvalue weighted by molar-refractivity contribution is 0.0971. The molecule has 3 aromatic rings. The molecule has 0 aromatic heterocycles. The van der Waals surface area contributed by atoms with E-state index in [0.29, 0.717) is 11.3 Å². The summed E-state index contributed by atoms with van der Waals surface area (Å²) in [6.07, 6.45) is 0. The Bertz CT molecular complexity index is 1160. The molecule has 4 rings (SSSR count). The molecule has 6 nitrogen and oxygen atoms in total. The van der Waals surface area contributed by atoms with E-state index >= 15 is 0 Å². The van der Waals surface area contributed by atoms with Gasteiger partial charge in [-0.1, -0.05) is 18.2 Å². The molecule has 0 unspecified atom stereocenters. The largest absolute Gasteiger partial charge is 0.497 e. The maximum Gasteiger partial charge on any atom is 0.196 e. The van der Waals surface area contributed by atoms with Gasteiger partial charge in [-0.25, -0.2) is 0 Å². The van der Waals surface area contributed by atoms with Gasteiger partial charge in [0.15, 0.2) is 17.3 Å². The molecule has 0 atom stereocenters. The van der Waals surface area contributed by atoms with Crippen LogP contribution in [0.5, 0.6) is 5.75 Å². The molecule has 0 saturated carbocycles. The quantitative estimate of drug-likeness (QED) is 0.422. The summed E-state index contributed by atoms with van der Waals surface area (Å²) in [5, 5.41) is 0. The summed E-state index contributed by atoms with van der Waals surface area (Å²) in [7, 11) is 1.53. The molecule has 4 N–H and O–H groups in total. The van der Waals surface area contributed by atoms with Gasteiger partial charge in [0.2, 0.25) is 0 Å². The van der Waals surface area contributed by atoms with Crippen LogP contribution < -0.4 is 16.2 Å². The number of benzene rings is 3. The first-order valence-electron chi connectivity index (χ1n) is 8.53. The summed E-state index contributed by atoms with van der Waals surface area (Å²) in [6.45, 7) is 0. The van der Waals surface area contributed by atoms with Crippen molar-refractivity contribution in [3.63, 3.8) is 0 Å². The molecule has 138 valence electrons. The molecule has 0 saturated heterocycles. The summed E-state index contributed by atoms with van der Waals surface area (Å²) < 4.78 is 5.10. The number of carbonyl (C=O) groups excluding carboxylic acids is 3. The fraction of sp³-hybridized carbons (Fsp3) is 0.0455. The monoisotopic (exact) mass is 372 g/mol. The highest BCUT2D eigenvalue weighted by molar-refractivity contribution is 6.33. The van der Waals surface area contributed by atoms with E-state index in [1.54, 1.807) is 36.4 Å². The SMILES string of the molecule is COc1ccc(C(=O)c2cccc3c2C(=O)c2ccc(N)c(N)c2C3=O)cc1. The Morgan fingerprint density at radius 2 is 1.46 bits per heavy atom. The third kappa shape index (κ3) is 2.46. The number of ether oxygens (including phenoxy) is 1. The number of hydrogen-bond donors (Lipinski definition) is 2. The van der Waals surface area contributed by atoms with Crippen LogP contribution in [0.4, 0.5) is 11.4 Å². The lowest BCUT2D eigenvalue weighted by atomic mass is 9.79. The average molecular weight is 372 g/mol. The molecular formula is C22H16N2O4. The van der Waals surface area contributed by atoms with Gasteiger partial charge in [-0.3, -0.25) is 14.4 Å². The molecule has 0 bridgehead atoms. The van der Waals surface area contributed by atoms with E-state index in [2.05, 4.69) is 0 Å². The smallest absolute Gasteiger partial charge is 0.196 e. The lowest BCUT2D eigenvalue weighted by Gasteiger charge is -2.21. The molecule has 0 fully saturated rings. The normalized spacial score (nSPS) is 12.3. The Morgan fingerprint density at radius 1 is 0.821 bits per heavy atom. The molecule has 0 heterocycles. The highest BCUT2D eigenvalue weighted by Crippen LogP contribution is 2.35. The highest BCUT2D eigenvalue weighted by Gasteiger charge is 2.35. The number of rotatable bonds is 3. The van der Waals surface area contributed by atoms with E-state index in [1.807, 2.05) is 0 Å². The van der Waals surface area contributed by atoms with E-state index in [1.165, 1.54) is 25.3 Å². The number of anilines is 2. The van der Waals surface area contributed by atoms with Gasteiger partial charge in [-0.05, 0) is 36.4 Å². The average Bonchev–Trinajstić information content (AvgIpc) is 2.73. The number of nitrogens with two attached hydrogens (primary N) is 2. The van der Waals surface area contributed by atoms with Crippen LogP contribution in [0.2, 0.25) is 0 Å². The van der Waals surface area contributed by atoms with Crippen LogP contribution in [0.3, 0.4) is 0 Å². The first kappa shape index (κ1) is 17.5. The number of nitrogen functional groups attached to an aromatic ring is 2. The van der Waals surface area contributed by atoms with Crippen molar-refractivity contribution in [3.8, 4) is 5.75 Å². The van der Waals surface area contributed by atoms with Crippen LogP contribution >= 0.6 is 0 Å². The number of methoxy groups -OCH3 is 1. The summed E-state index contributed by atoms with van der Waals surface area (Å²) >= 11 is 0. The van der Waals surface area contributed by atoms with Crippen molar-refractivity contribution in [3.05, 3.63) is 88.0 Å². The minimum atomic E-state index is -0.422. The van der Waals surface area contributed by atoms with Gasteiger partial charge in [-0.15, -0.1) is 0 Å². The number of fused-ring (bicyclic) bond motifs is 2. The highest BCUT2D eigenvalue weighted by atomic mass is 16.5. The van der Waals surface area contributed by atoms with Crippen LogP contribution in [0, 0.1) is 0 Å². The lowest BCUT2D eigenvalue weighted by Crippen LogP contribution is -2.25. The van der Waals surface area contributed by atoms with E-state index in [-0.39, 0.29) is 45.0 Å². The van der Waals surface area contributed by atoms with E-state index in [9.17, 15) is 14.4 Å². The molecule has 0 spiro atoms. The standard InChI is InChI=1S/C22H16N2O4/c1-28-12-7-5-11(6-8-12)20(25)13-3-2-4-14-17(13)21(26)15-9-10-16(23)19(24)18(15)22(14)27/h2-10H,23-24H2,1H3. The van der Waals surface area contributed by atoms with Crippen LogP contribution in [-0.2, 0) is 0 Å². The van der Waals surface area contributed by atoms with Gasteiger partial charge in [0, 0.05) is 27.8 Å². The van der Waals surface area contributed by atoms with Crippen molar-refractivity contribution >= 4 is 28.7 Å². The number of carbonyl (C=O) groups is 3. The van der Waals surface area contributed by atoms with Crippen molar-refractivity contribution in [2.24, 2.45) is 0 Å². The Kier molecular flexibility index (Phi) is 3.96. The molecule has 0 aliphatic heterocycles. The summed E-state index contributed by atoms with van der Waals surface area (Å²) in [4.78, 5) is 39.2. The molecule has 0 amide bonds. The maximum absolute atomic E-state index is 13.2. The van der Waals surface area contributed by atoms with Gasteiger partial charge < -0.3 is 16.2 Å². The van der Waals surface area contributed by atoms with Gasteiger partial charge in [0.25, 0.3) is 0 Å². The Labute approximate surface area is 160 Å². The predicted octanol–water partition coefficient (Wildman–Crippen LogP) is 2.87. The molecule has 0 radical (unpaired) electrons. The minimum Gasteiger partial charge on any atom is -0.497 e. The zero-order chi connectivity index (χ0) is 20.0. The fourth-order valence-corrected chi connectivity index (χ4v) is 3.41. The van der Waals surface area contributed by atoms with Crippen molar-refractivity contribution in [2.45, 2.75) is 0 Å². The second-order valence-corrected chi connectivity index (χ2v) is 6.44. The summed E-state index contributed by atoms with van der Waals surface area (Å²) in [5.74, 6) is -0.583. The third-order valence-corrected chi connectivity index (χ3v) is 4.88. The fourth-order valence-electron chi connectivity index (χ4n) is 3.41. The van der Waals surface area contributed by atoms with Crippen LogP contribution in [-0.4, -0.2) is 24.5 Å². The Hall–Kier alpha value is -3.93. The maximum atomic E-state index is 13.2. The van der Waals surface area contributed by atoms with E-state index < -0.39 is 11.6 Å². The van der Waals surface area contributed by atoms with Crippen molar-refractivity contribution in [2.75, 3.05) is 18.6 Å². The number of ketones is 3. The van der Waals surface area contributed by atoms with Gasteiger partial charge in [0.05, 0.1) is 24.0 Å². The molecule has 3 aromatic carbocycles. The van der Waals surface area contributed by atoms with Crippen molar-refractivity contribution < 1.29 is 19.1 Å². The summed E-state index contributed by atoms with van der Waals surface area (Å²) in [5.41, 5.74) is 13.1. The molecule has 1 aliphatic carbocycles. The Balaban J connectivity index is 1.88. The van der Waals surface area contributed by atoms with Crippen LogP contribution in [0.15, 0.2) is 54.6 Å². The first-order chi connectivity index (χ1) is 13.4. The topological polar surface area (TPSA) is 112 Å². The zero-order valence-corrected chi connectivity index (χ0v) is 15.0. The van der Waals surface area contributed by atoms with Crippen LogP contribution in [0.1, 0.15) is 47.8 Å². The molecular weight excluding hydrogens is 356 g/mol. The van der Waals surface area contributed by atoms with E-state index in [4.69, 9.17) is 16.2 Å². The second-order valence-electron chi connectivity index (χ2n) is 6.44. The molecule has 1 aliphatic rings. The molecule has 6 heteroatoms. The Morgan fingerprint density at radius 3 is 2.14 bits per heavy atom. The van der Waals surface area contributed by atoms with Crippen molar-refractivity contribution in [1.82, 2.24) is 0 Å². The minimum absolute atomic E-state index is 0.0772. The summed E-state index contributed by atoms with van der Waals surface area (Å²) in [6, 6.07) is 14.1. The predicted molar refractivity (Wildman–Crippen MR) is 105 cm³/mol. The third-order valence-electron chi connectivity index (χ3n) is 4.88. The van der Waals surface area contributed by atoms with Crippen LogP contribution in [0.25, 0.3) is 0 Å². The number of hydrogen-bond acceptors (Lipinski definition) is 6. The molecule has 28 heavy (non-hydrogen) atoms. The van der Waals surface area contributed by atoms with E-state index in [0.717, 1.165) is 0 Å². The first-order valence-corrected chi connectivity index (χ1v) is 8.53. The van der Waals surface area contributed by atoms with Crippen molar-refractivity contribution in [1.29, 1.82) is 0 Å².